The minimum atomic E-state index is -0.695. The Kier molecular flexibility index (Phi) is 3.42. The van der Waals surface area contributed by atoms with Crippen molar-refractivity contribution in [2.24, 2.45) is 5.92 Å². The summed E-state index contributed by atoms with van der Waals surface area (Å²) in [6.45, 7) is 2.36. The SMILES string of the molecule is O=C(O)C1CN(Cc2ccc(-c3ccc4c(c3)OCO4)cc2)C1. The molecule has 5 nitrogen and oxygen atoms in total. The van der Waals surface area contributed by atoms with E-state index in [-0.39, 0.29) is 12.7 Å². The van der Waals surface area contributed by atoms with Crippen LogP contribution in [0.5, 0.6) is 11.5 Å². The Bertz CT molecular complexity index is 735. The highest BCUT2D eigenvalue weighted by atomic mass is 16.7. The van der Waals surface area contributed by atoms with Gasteiger partial charge in [-0.2, -0.15) is 0 Å². The number of ether oxygens (including phenoxy) is 2. The Morgan fingerprint density at radius 1 is 1.04 bits per heavy atom. The van der Waals surface area contributed by atoms with Crippen LogP contribution in [0.3, 0.4) is 0 Å². The first-order valence-corrected chi connectivity index (χ1v) is 7.63. The van der Waals surface area contributed by atoms with Crippen LogP contribution in [0.2, 0.25) is 0 Å². The molecule has 0 bridgehead atoms. The molecule has 1 fully saturated rings. The fraction of sp³-hybridized carbons (Fsp3) is 0.278. The Balaban J connectivity index is 1.43. The largest absolute Gasteiger partial charge is 0.481 e. The minimum Gasteiger partial charge on any atom is -0.481 e. The second-order valence-electron chi connectivity index (χ2n) is 5.99. The van der Waals surface area contributed by atoms with E-state index in [0.29, 0.717) is 13.1 Å². The molecule has 0 spiro atoms. The maximum atomic E-state index is 10.8. The number of carboxylic acid groups (broad SMARTS) is 1. The summed E-state index contributed by atoms with van der Waals surface area (Å²) in [5.74, 6) is 0.672. The Morgan fingerprint density at radius 2 is 1.74 bits per heavy atom. The highest BCUT2D eigenvalue weighted by Crippen LogP contribution is 2.36. The number of fused-ring (bicyclic) bond motifs is 1. The number of likely N-dealkylation sites (tertiary alicyclic amines) is 1. The van der Waals surface area contributed by atoms with Gasteiger partial charge in [-0.3, -0.25) is 9.69 Å². The van der Waals surface area contributed by atoms with Crippen molar-refractivity contribution in [3.63, 3.8) is 0 Å². The number of hydrogen-bond donors (Lipinski definition) is 1. The van der Waals surface area contributed by atoms with Crippen molar-refractivity contribution in [1.29, 1.82) is 0 Å². The van der Waals surface area contributed by atoms with E-state index in [4.69, 9.17) is 14.6 Å². The van der Waals surface area contributed by atoms with E-state index in [1.54, 1.807) is 0 Å². The van der Waals surface area contributed by atoms with Crippen molar-refractivity contribution >= 4 is 5.97 Å². The molecule has 1 saturated heterocycles. The van der Waals surface area contributed by atoms with Crippen molar-refractivity contribution in [2.45, 2.75) is 6.54 Å². The van der Waals surface area contributed by atoms with Gasteiger partial charge in [-0.1, -0.05) is 30.3 Å². The lowest BCUT2D eigenvalue weighted by Crippen LogP contribution is -2.49. The van der Waals surface area contributed by atoms with E-state index in [0.717, 1.165) is 29.2 Å². The van der Waals surface area contributed by atoms with Gasteiger partial charge in [0.2, 0.25) is 6.79 Å². The number of nitrogens with zero attached hydrogens (tertiary/aromatic N) is 1. The summed E-state index contributed by atoms with van der Waals surface area (Å²) in [5, 5.41) is 8.90. The van der Waals surface area contributed by atoms with Gasteiger partial charge in [-0.15, -0.1) is 0 Å². The molecule has 118 valence electrons. The van der Waals surface area contributed by atoms with Gasteiger partial charge in [-0.25, -0.2) is 0 Å². The molecule has 0 saturated carbocycles. The fourth-order valence-corrected chi connectivity index (χ4v) is 2.99. The quantitative estimate of drug-likeness (QED) is 0.940. The lowest BCUT2D eigenvalue weighted by molar-refractivity contribution is -0.147. The van der Waals surface area contributed by atoms with Gasteiger partial charge in [0, 0.05) is 19.6 Å². The molecule has 4 rings (SSSR count). The summed E-state index contributed by atoms with van der Waals surface area (Å²) in [5.41, 5.74) is 3.41. The third kappa shape index (κ3) is 2.75. The van der Waals surface area contributed by atoms with Crippen LogP contribution >= 0.6 is 0 Å². The van der Waals surface area contributed by atoms with Gasteiger partial charge in [0.1, 0.15) is 0 Å². The number of carboxylic acids is 1. The fourth-order valence-electron chi connectivity index (χ4n) is 2.99. The Morgan fingerprint density at radius 3 is 2.48 bits per heavy atom. The van der Waals surface area contributed by atoms with Gasteiger partial charge < -0.3 is 14.6 Å². The second kappa shape index (κ2) is 5.59. The zero-order valence-corrected chi connectivity index (χ0v) is 12.6. The molecule has 0 atom stereocenters. The Labute approximate surface area is 134 Å². The number of benzene rings is 2. The summed E-state index contributed by atoms with van der Waals surface area (Å²) >= 11 is 0. The summed E-state index contributed by atoms with van der Waals surface area (Å²) in [7, 11) is 0. The maximum absolute atomic E-state index is 10.8. The summed E-state index contributed by atoms with van der Waals surface area (Å²) < 4.78 is 10.7. The van der Waals surface area contributed by atoms with Crippen LogP contribution < -0.4 is 9.47 Å². The first kappa shape index (κ1) is 14.1. The zero-order chi connectivity index (χ0) is 15.8. The van der Waals surface area contributed by atoms with Crippen molar-refractivity contribution < 1.29 is 19.4 Å². The molecular weight excluding hydrogens is 294 g/mol. The van der Waals surface area contributed by atoms with Gasteiger partial charge in [0.05, 0.1) is 5.92 Å². The van der Waals surface area contributed by atoms with Crippen LogP contribution in [0.15, 0.2) is 42.5 Å². The number of rotatable bonds is 4. The topological polar surface area (TPSA) is 59.0 Å². The Hall–Kier alpha value is -2.53. The minimum absolute atomic E-state index is 0.206. The number of hydrogen-bond acceptors (Lipinski definition) is 4. The highest BCUT2D eigenvalue weighted by Gasteiger charge is 2.32. The molecule has 2 aliphatic rings. The van der Waals surface area contributed by atoms with E-state index in [1.807, 2.05) is 18.2 Å². The monoisotopic (exact) mass is 311 g/mol. The van der Waals surface area contributed by atoms with Crippen LogP contribution in [0, 0.1) is 5.92 Å². The molecule has 5 heteroatoms. The average molecular weight is 311 g/mol. The van der Waals surface area contributed by atoms with Crippen molar-refractivity contribution in [3.8, 4) is 22.6 Å². The van der Waals surface area contributed by atoms with Crippen molar-refractivity contribution in [3.05, 3.63) is 48.0 Å². The number of aliphatic carboxylic acids is 1. The van der Waals surface area contributed by atoms with Gasteiger partial charge in [0.25, 0.3) is 0 Å². The smallest absolute Gasteiger partial charge is 0.309 e. The molecule has 0 amide bonds. The van der Waals surface area contributed by atoms with E-state index < -0.39 is 5.97 Å². The van der Waals surface area contributed by atoms with Crippen molar-refractivity contribution in [2.75, 3.05) is 19.9 Å². The van der Waals surface area contributed by atoms with Gasteiger partial charge in [-0.05, 0) is 28.8 Å². The van der Waals surface area contributed by atoms with Crippen LogP contribution in [0.4, 0.5) is 0 Å². The molecular formula is C18H17NO4. The molecule has 0 aromatic heterocycles. The van der Waals surface area contributed by atoms with Crippen LogP contribution in [0.25, 0.3) is 11.1 Å². The van der Waals surface area contributed by atoms with Crippen LogP contribution in [-0.2, 0) is 11.3 Å². The summed E-state index contributed by atoms with van der Waals surface area (Å²) in [6, 6.07) is 14.3. The molecule has 23 heavy (non-hydrogen) atoms. The average Bonchev–Trinajstić information content (AvgIpc) is 2.98. The summed E-state index contributed by atoms with van der Waals surface area (Å²) in [4.78, 5) is 13.0. The molecule has 0 aliphatic carbocycles. The normalized spacial score (nSPS) is 17.0. The maximum Gasteiger partial charge on any atom is 0.309 e. The van der Waals surface area contributed by atoms with E-state index >= 15 is 0 Å². The number of carbonyl (C=O) groups is 1. The lowest BCUT2D eigenvalue weighted by Gasteiger charge is -2.36. The van der Waals surface area contributed by atoms with Crippen LogP contribution in [0.1, 0.15) is 5.56 Å². The predicted octanol–water partition coefficient (Wildman–Crippen LogP) is 2.60. The zero-order valence-electron chi connectivity index (χ0n) is 12.6. The van der Waals surface area contributed by atoms with E-state index in [2.05, 4.69) is 29.2 Å². The van der Waals surface area contributed by atoms with E-state index in [9.17, 15) is 4.79 Å². The molecule has 2 heterocycles. The van der Waals surface area contributed by atoms with Gasteiger partial charge in [0.15, 0.2) is 11.5 Å². The van der Waals surface area contributed by atoms with Crippen molar-refractivity contribution in [1.82, 2.24) is 4.90 Å². The van der Waals surface area contributed by atoms with Crippen LogP contribution in [-0.4, -0.2) is 35.9 Å². The third-order valence-electron chi connectivity index (χ3n) is 4.37. The first-order valence-electron chi connectivity index (χ1n) is 7.63. The third-order valence-corrected chi connectivity index (χ3v) is 4.37. The summed E-state index contributed by atoms with van der Waals surface area (Å²) in [6.07, 6.45) is 0. The first-order chi connectivity index (χ1) is 11.2. The standard InChI is InChI=1S/C18H17NO4/c20-18(21)15-9-19(10-15)8-12-1-3-13(4-2-12)14-5-6-16-17(7-14)23-11-22-16/h1-7,15H,8-11H2,(H,20,21). The second-order valence-corrected chi connectivity index (χ2v) is 5.99. The molecule has 2 aromatic carbocycles. The predicted molar refractivity (Wildman–Crippen MR) is 84.4 cm³/mol. The highest BCUT2D eigenvalue weighted by molar-refractivity contribution is 5.71. The molecule has 0 unspecified atom stereocenters. The lowest BCUT2D eigenvalue weighted by atomic mass is 9.98. The molecule has 2 aliphatic heterocycles. The van der Waals surface area contributed by atoms with E-state index in [1.165, 1.54) is 5.56 Å². The molecule has 2 aromatic rings. The van der Waals surface area contributed by atoms with Gasteiger partial charge >= 0.3 is 5.97 Å². The molecule has 0 radical (unpaired) electrons. The molecule has 1 N–H and O–H groups in total.